The van der Waals surface area contributed by atoms with E-state index in [1.54, 1.807) is 5.56 Å². The van der Waals surface area contributed by atoms with Gasteiger partial charge < -0.3 is 5.32 Å². The van der Waals surface area contributed by atoms with Crippen LogP contribution in [0.1, 0.15) is 43.2 Å². The van der Waals surface area contributed by atoms with E-state index >= 15 is 0 Å². The Kier molecular flexibility index (Phi) is 3.67. The van der Waals surface area contributed by atoms with Gasteiger partial charge in [0.15, 0.2) is 0 Å². The topological polar surface area (TPSA) is 15.3 Å². The average molecular weight is 244 g/mol. The van der Waals surface area contributed by atoms with E-state index in [1.807, 2.05) is 0 Å². The van der Waals surface area contributed by atoms with Crippen LogP contribution >= 0.6 is 0 Å². The summed E-state index contributed by atoms with van der Waals surface area (Å²) in [5, 5.41) is 3.57. The second-order valence-electron chi connectivity index (χ2n) is 5.73. The average Bonchev–Trinajstić information content (AvgIpc) is 2.86. The van der Waals surface area contributed by atoms with Crippen molar-refractivity contribution >= 4 is 0 Å². The van der Waals surface area contributed by atoms with Gasteiger partial charge in [0, 0.05) is 31.6 Å². The first-order valence-corrected chi connectivity index (χ1v) is 7.41. The van der Waals surface area contributed by atoms with Crippen LogP contribution in [-0.2, 0) is 6.54 Å². The minimum Gasteiger partial charge on any atom is -0.312 e. The van der Waals surface area contributed by atoms with Gasteiger partial charge in [0.1, 0.15) is 0 Å². The van der Waals surface area contributed by atoms with Crippen LogP contribution in [0.3, 0.4) is 0 Å². The van der Waals surface area contributed by atoms with E-state index in [9.17, 15) is 0 Å². The summed E-state index contributed by atoms with van der Waals surface area (Å²) in [6.07, 6.45) is 4.10. The fourth-order valence-electron chi connectivity index (χ4n) is 3.63. The molecule has 98 valence electrons. The molecule has 1 N–H and O–H groups in total. The molecule has 1 saturated heterocycles. The fourth-order valence-corrected chi connectivity index (χ4v) is 3.63. The van der Waals surface area contributed by atoms with Crippen LogP contribution in [0.15, 0.2) is 24.3 Å². The quantitative estimate of drug-likeness (QED) is 0.879. The van der Waals surface area contributed by atoms with Crippen molar-refractivity contribution in [3.05, 3.63) is 35.4 Å². The van der Waals surface area contributed by atoms with Crippen LogP contribution in [0, 0.1) is 0 Å². The number of nitrogens with zero attached hydrogens (tertiary/aromatic N) is 1. The van der Waals surface area contributed by atoms with Gasteiger partial charge in [-0.05, 0) is 36.9 Å². The zero-order valence-corrected chi connectivity index (χ0v) is 11.4. The maximum absolute atomic E-state index is 3.57. The molecule has 0 radical (unpaired) electrons. The standard InChI is InChI=1S/C16H24N2/c1-2-15-7-5-9-18(15)12-14-11-17-10-13-6-3-4-8-16(13)14/h3-4,6,8,14-15,17H,2,5,7,9-12H2,1H3. The van der Waals surface area contributed by atoms with E-state index in [0.29, 0.717) is 5.92 Å². The third-order valence-corrected chi connectivity index (χ3v) is 4.63. The summed E-state index contributed by atoms with van der Waals surface area (Å²) in [5.74, 6) is 0.682. The summed E-state index contributed by atoms with van der Waals surface area (Å²) in [4.78, 5) is 2.72. The number of hydrogen-bond donors (Lipinski definition) is 1. The van der Waals surface area contributed by atoms with E-state index in [0.717, 1.165) is 19.1 Å². The van der Waals surface area contributed by atoms with Crippen LogP contribution in [0.4, 0.5) is 0 Å². The zero-order chi connectivity index (χ0) is 12.4. The van der Waals surface area contributed by atoms with E-state index in [1.165, 1.54) is 37.9 Å². The molecule has 3 rings (SSSR count). The van der Waals surface area contributed by atoms with Crippen molar-refractivity contribution < 1.29 is 0 Å². The lowest BCUT2D eigenvalue weighted by atomic mass is 9.90. The third kappa shape index (κ3) is 2.32. The van der Waals surface area contributed by atoms with E-state index in [4.69, 9.17) is 0 Å². The SMILES string of the molecule is CCC1CCCN1CC1CNCc2ccccc21. The van der Waals surface area contributed by atoms with E-state index < -0.39 is 0 Å². The Bertz CT molecular complexity index is 402. The van der Waals surface area contributed by atoms with Gasteiger partial charge in [-0.15, -0.1) is 0 Å². The van der Waals surface area contributed by atoms with Crippen molar-refractivity contribution in [2.45, 2.75) is 44.7 Å². The first-order valence-electron chi connectivity index (χ1n) is 7.41. The molecule has 2 atom stereocenters. The Labute approximate surface area is 110 Å². The van der Waals surface area contributed by atoms with Gasteiger partial charge in [0.25, 0.3) is 0 Å². The monoisotopic (exact) mass is 244 g/mol. The molecule has 1 aromatic rings. The number of likely N-dealkylation sites (tertiary alicyclic amines) is 1. The summed E-state index contributed by atoms with van der Waals surface area (Å²) >= 11 is 0. The number of hydrogen-bond acceptors (Lipinski definition) is 2. The van der Waals surface area contributed by atoms with Crippen molar-refractivity contribution in [1.82, 2.24) is 10.2 Å². The molecular weight excluding hydrogens is 220 g/mol. The molecule has 2 nitrogen and oxygen atoms in total. The molecule has 0 amide bonds. The Morgan fingerprint density at radius 3 is 3.11 bits per heavy atom. The minimum absolute atomic E-state index is 0.682. The smallest absolute Gasteiger partial charge is 0.0208 e. The normalized spacial score (nSPS) is 28.3. The lowest BCUT2D eigenvalue weighted by Gasteiger charge is -2.32. The van der Waals surface area contributed by atoms with Gasteiger partial charge in [0.05, 0.1) is 0 Å². The fraction of sp³-hybridized carbons (Fsp3) is 0.625. The minimum atomic E-state index is 0.682. The maximum Gasteiger partial charge on any atom is 0.0208 e. The first-order chi connectivity index (χ1) is 8.88. The van der Waals surface area contributed by atoms with Gasteiger partial charge in [-0.3, -0.25) is 4.90 Å². The van der Waals surface area contributed by atoms with Crippen molar-refractivity contribution in [2.75, 3.05) is 19.6 Å². The molecular formula is C16H24N2. The summed E-state index contributed by atoms with van der Waals surface area (Å²) in [5.41, 5.74) is 3.08. The molecule has 0 bridgehead atoms. The Morgan fingerprint density at radius 2 is 2.22 bits per heavy atom. The molecule has 0 spiro atoms. The molecule has 1 fully saturated rings. The number of nitrogens with one attached hydrogen (secondary N) is 1. The van der Waals surface area contributed by atoms with Crippen LogP contribution in [-0.4, -0.2) is 30.6 Å². The predicted molar refractivity (Wildman–Crippen MR) is 75.8 cm³/mol. The van der Waals surface area contributed by atoms with Crippen LogP contribution in [0.25, 0.3) is 0 Å². The van der Waals surface area contributed by atoms with Crippen LogP contribution in [0.5, 0.6) is 0 Å². The van der Waals surface area contributed by atoms with Crippen molar-refractivity contribution in [1.29, 1.82) is 0 Å². The molecule has 2 aliphatic heterocycles. The number of fused-ring (bicyclic) bond motifs is 1. The van der Waals surface area contributed by atoms with E-state index in [2.05, 4.69) is 41.4 Å². The molecule has 2 unspecified atom stereocenters. The van der Waals surface area contributed by atoms with Crippen molar-refractivity contribution in [3.8, 4) is 0 Å². The predicted octanol–water partition coefficient (Wildman–Crippen LogP) is 2.75. The highest BCUT2D eigenvalue weighted by Gasteiger charge is 2.27. The summed E-state index contributed by atoms with van der Waals surface area (Å²) in [7, 11) is 0. The number of rotatable bonds is 3. The Balaban J connectivity index is 1.74. The lowest BCUT2D eigenvalue weighted by molar-refractivity contribution is 0.228. The lowest BCUT2D eigenvalue weighted by Crippen LogP contribution is -2.38. The van der Waals surface area contributed by atoms with Gasteiger partial charge in [-0.25, -0.2) is 0 Å². The molecule has 0 aliphatic carbocycles. The highest BCUT2D eigenvalue weighted by atomic mass is 15.2. The third-order valence-electron chi connectivity index (χ3n) is 4.63. The van der Waals surface area contributed by atoms with Gasteiger partial charge in [0.2, 0.25) is 0 Å². The second-order valence-corrected chi connectivity index (χ2v) is 5.73. The molecule has 0 saturated carbocycles. The largest absolute Gasteiger partial charge is 0.312 e. The zero-order valence-electron chi connectivity index (χ0n) is 11.4. The molecule has 2 heterocycles. The van der Waals surface area contributed by atoms with Crippen molar-refractivity contribution in [2.24, 2.45) is 0 Å². The van der Waals surface area contributed by atoms with E-state index in [-0.39, 0.29) is 0 Å². The molecule has 0 aromatic heterocycles. The second kappa shape index (κ2) is 5.41. The summed E-state index contributed by atoms with van der Waals surface area (Å²) in [6.45, 7) is 7.06. The highest BCUT2D eigenvalue weighted by molar-refractivity contribution is 5.33. The van der Waals surface area contributed by atoms with Gasteiger partial charge in [-0.2, -0.15) is 0 Å². The molecule has 2 heteroatoms. The molecule has 18 heavy (non-hydrogen) atoms. The van der Waals surface area contributed by atoms with Crippen LogP contribution in [0.2, 0.25) is 0 Å². The molecule has 2 aliphatic rings. The first kappa shape index (κ1) is 12.2. The van der Waals surface area contributed by atoms with Crippen LogP contribution < -0.4 is 5.32 Å². The summed E-state index contributed by atoms with van der Waals surface area (Å²) in [6, 6.07) is 9.79. The maximum atomic E-state index is 3.57. The van der Waals surface area contributed by atoms with Crippen molar-refractivity contribution in [3.63, 3.8) is 0 Å². The Morgan fingerprint density at radius 1 is 1.33 bits per heavy atom. The number of benzene rings is 1. The van der Waals surface area contributed by atoms with Gasteiger partial charge in [-0.1, -0.05) is 31.2 Å². The van der Waals surface area contributed by atoms with Gasteiger partial charge >= 0.3 is 0 Å². The Hall–Kier alpha value is -0.860. The molecule has 1 aromatic carbocycles. The summed E-state index contributed by atoms with van der Waals surface area (Å²) < 4.78 is 0. The highest BCUT2D eigenvalue weighted by Crippen LogP contribution is 2.28.